The van der Waals surface area contributed by atoms with Crippen molar-refractivity contribution in [2.45, 2.75) is 45.3 Å². The lowest BCUT2D eigenvalue weighted by atomic mass is 10.0. The molecule has 0 spiro atoms. The lowest BCUT2D eigenvalue weighted by Crippen LogP contribution is -2.15. The Morgan fingerprint density at radius 2 is 1.85 bits per heavy atom. The summed E-state index contributed by atoms with van der Waals surface area (Å²) in [6, 6.07) is 14.3. The molecule has 206 valence electrons. The van der Waals surface area contributed by atoms with Crippen molar-refractivity contribution in [3.05, 3.63) is 65.2 Å². The van der Waals surface area contributed by atoms with Crippen molar-refractivity contribution in [2.24, 2.45) is 5.92 Å². The summed E-state index contributed by atoms with van der Waals surface area (Å²) in [7, 11) is 0. The molecule has 0 bridgehead atoms. The van der Waals surface area contributed by atoms with E-state index in [0.717, 1.165) is 29.8 Å². The molecule has 0 fully saturated rings. The summed E-state index contributed by atoms with van der Waals surface area (Å²) in [5.74, 6) is 1.08. The molecule has 1 amide bonds. The Balaban J connectivity index is 1.85. The van der Waals surface area contributed by atoms with E-state index in [1.54, 1.807) is 48.5 Å². The van der Waals surface area contributed by atoms with Crippen LogP contribution >= 0.6 is 11.8 Å². The molecule has 0 radical (unpaired) electrons. The van der Waals surface area contributed by atoms with Gasteiger partial charge in [0.2, 0.25) is 5.91 Å². The fraction of sp³-hybridized carbons (Fsp3) is 0.345. The Labute approximate surface area is 230 Å². The van der Waals surface area contributed by atoms with Gasteiger partial charge in [-0.1, -0.05) is 25.6 Å². The monoisotopic (exact) mass is 557 g/mol. The van der Waals surface area contributed by atoms with Gasteiger partial charge in [-0.05, 0) is 80.3 Å². The number of thioether (sulfide) groups is 1. The first-order valence-electron chi connectivity index (χ1n) is 12.4. The number of hydrogen-bond acceptors (Lipinski definition) is 6. The number of pyridine rings is 1. The summed E-state index contributed by atoms with van der Waals surface area (Å²) in [6.45, 7) is 8.88. The van der Waals surface area contributed by atoms with E-state index >= 15 is 0 Å². The van der Waals surface area contributed by atoms with Gasteiger partial charge in [-0.15, -0.1) is 0 Å². The van der Waals surface area contributed by atoms with Crippen molar-refractivity contribution in [3.63, 3.8) is 0 Å². The highest BCUT2D eigenvalue weighted by Crippen LogP contribution is 2.38. The van der Waals surface area contributed by atoms with Crippen molar-refractivity contribution in [1.29, 1.82) is 5.26 Å². The first-order valence-corrected chi connectivity index (χ1v) is 13.4. The number of nitrogens with zero attached hydrogens (tertiary/aromatic N) is 2. The molecule has 3 rings (SSSR count). The number of alkyl halides is 3. The molecule has 39 heavy (non-hydrogen) atoms. The van der Waals surface area contributed by atoms with Crippen LogP contribution in [0.2, 0.25) is 0 Å². The number of nitrogens with one attached hydrogen (secondary N) is 1. The molecule has 1 heterocycles. The van der Waals surface area contributed by atoms with E-state index in [4.69, 9.17) is 9.47 Å². The molecule has 0 saturated carbocycles. The van der Waals surface area contributed by atoms with Crippen molar-refractivity contribution < 1.29 is 27.4 Å². The topological polar surface area (TPSA) is 84.2 Å². The maximum atomic E-state index is 13.9. The van der Waals surface area contributed by atoms with Gasteiger partial charge in [0, 0.05) is 11.3 Å². The van der Waals surface area contributed by atoms with E-state index in [2.05, 4.69) is 24.1 Å². The number of ether oxygens (including phenoxy) is 2. The van der Waals surface area contributed by atoms with E-state index in [0.29, 0.717) is 41.9 Å². The third-order valence-electron chi connectivity index (χ3n) is 5.62. The summed E-state index contributed by atoms with van der Waals surface area (Å²) in [4.78, 5) is 16.9. The molecule has 2 aromatic carbocycles. The van der Waals surface area contributed by atoms with E-state index in [1.165, 1.54) is 0 Å². The lowest BCUT2D eigenvalue weighted by molar-refractivity contribution is -0.138. The van der Waals surface area contributed by atoms with Crippen molar-refractivity contribution in [1.82, 2.24) is 4.98 Å². The first-order chi connectivity index (χ1) is 18.5. The van der Waals surface area contributed by atoms with Crippen LogP contribution in [0.3, 0.4) is 0 Å². The Hall–Kier alpha value is -3.71. The zero-order valence-electron chi connectivity index (χ0n) is 22.2. The third-order valence-corrected chi connectivity index (χ3v) is 6.59. The van der Waals surface area contributed by atoms with Gasteiger partial charge in [-0.2, -0.15) is 18.4 Å². The molecule has 10 heteroatoms. The van der Waals surface area contributed by atoms with Gasteiger partial charge in [0.15, 0.2) is 0 Å². The number of aromatic nitrogens is 1. The molecule has 1 N–H and O–H groups in total. The Morgan fingerprint density at radius 1 is 1.13 bits per heavy atom. The van der Waals surface area contributed by atoms with Crippen LogP contribution in [-0.2, 0) is 11.0 Å². The number of benzene rings is 2. The van der Waals surface area contributed by atoms with Crippen molar-refractivity contribution in [3.8, 4) is 28.8 Å². The second-order valence-electron chi connectivity index (χ2n) is 9.15. The maximum Gasteiger partial charge on any atom is 0.417 e. The molecule has 0 aliphatic heterocycles. The van der Waals surface area contributed by atoms with E-state index in [-0.39, 0.29) is 16.5 Å². The zero-order valence-corrected chi connectivity index (χ0v) is 23.0. The normalized spacial score (nSPS) is 11.3. The minimum Gasteiger partial charge on any atom is -0.494 e. The zero-order chi connectivity index (χ0) is 28.6. The number of nitriles is 1. The number of aryl methyl sites for hydroxylation is 1. The quantitative estimate of drug-likeness (QED) is 0.246. The summed E-state index contributed by atoms with van der Waals surface area (Å²) < 4.78 is 53.0. The van der Waals surface area contributed by atoms with Crippen LogP contribution in [0.15, 0.2) is 53.6 Å². The highest BCUT2D eigenvalue weighted by molar-refractivity contribution is 8.00. The van der Waals surface area contributed by atoms with Crippen LogP contribution in [0.25, 0.3) is 11.3 Å². The summed E-state index contributed by atoms with van der Waals surface area (Å²) in [5, 5.41) is 12.1. The molecule has 0 atom stereocenters. The second kappa shape index (κ2) is 13.4. The SMILES string of the molecule is CCOc1ccc(NC(=O)CSc2nc(-c3ccc(OCCC(C)C)c(C)c3)cc(C(F)(F)F)c2C#N)cc1. The minimum atomic E-state index is -4.78. The summed E-state index contributed by atoms with van der Waals surface area (Å²) in [5.41, 5.74) is 0.0371. The van der Waals surface area contributed by atoms with Crippen LogP contribution in [0, 0.1) is 24.2 Å². The van der Waals surface area contributed by atoms with Crippen molar-refractivity contribution >= 4 is 23.4 Å². The third kappa shape index (κ3) is 8.39. The van der Waals surface area contributed by atoms with Gasteiger partial charge in [0.05, 0.1) is 35.8 Å². The Kier molecular flexibility index (Phi) is 10.2. The average molecular weight is 558 g/mol. The van der Waals surface area contributed by atoms with E-state index < -0.39 is 23.2 Å². The van der Waals surface area contributed by atoms with Crippen LogP contribution in [-0.4, -0.2) is 29.9 Å². The van der Waals surface area contributed by atoms with Gasteiger partial charge in [0.25, 0.3) is 0 Å². The smallest absolute Gasteiger partial charge is 0.417 e. The fourth-order valence-corrected chi connectivity index (χ4v) is 4.42. The van der Waals surface area contributed by atoms with Gasteiger partial charge in [-0.25, -0.2) is 4.98 Å². The van der Waals surface area contributed by atoms with Gasteiger partial charge in [0.1, 0.15) is 22.6 Å². The van der Waals surface area contributed by atoms with Gasteiger partial charge in [-0.3, -0.25) is 4.79 Å². The molecule has 0 unspecified atom stereocenters. The number of rotatable bonds is 11. The Bertz CT molecular complexity index is 1340. The van der Waals surface area contributed by atoms with Gasteiger partial charge >= 0.3 is 6.18 Å². The molecule has 0 aliphatic rings. The maximum absolute atomic E-state index is 13.9. The number of halogens is 3. The number of carbonyl (C=O) groups excluding carboxylic acids is 1. The molecule has 0 saturated heterocycles. The highest BCUT2D eigenvalue weighted by atomic mass is 32.2. The average Bonchev–Trinajstić information content (AvgIpc) is 2.88. The number of carbonyl (C=O) groups is 1. The first kappa shape index (κ1) is 29.8. The van der Waals surface area contributed by atoms with Crippen LogP contribution in [0.5, 0.6) is 11.5 Å². The summed E-state index contributed by atoms with van der Waals surface area (Å²) in [6.07, 6.45) is -3.91. The predicted molar refractivity (Wildman–Crippen MR) is 146 cm³/mol. The number of anilines is 1. The predicted octanol–water partition coefficient (Wildman–Crippen LogP) is 7.50. The van der Waals surface area contributed by atoms with Crippen LogP contribution < -0.4 is 14.8 Å². The lowest BCUT2D eigenvalue weighted by Gasteiger charge is -2.15. The van der Waals surface area contributed by atoms with Crippen LogP contribution in [0.1, 0.15) is 43.9 Å². The Morgan fingerprint density at radius 3 is 2.44 bits per heavy atom. The molecule has 0 aliphatic carbocycles. The molecule has 6 nitrogen and oxygen atoms in total. The van der Waals surface area contributed by atoms with Crippen LogP contribution in [0.4, 0.5) is 18.9 Å². The molecule has 1 aromatic heterocycles. The number of hydrogen-bond donors (Lipinski definition) is 1. The second-order valence-corrected chi connectivity index (χ2v) is 10.1. The van der Waals surface area contributed by atoms with E-state index in [9.17, 15) is 23.2 Å². The summed E-state index contributed by atoms with van der Waals surface area (Å²) >= 11 is 0.775. The fourth-order valence-electron chi connectivity index (χ4n) is 3.61. The van der Waals surface area contributed by atoms with E-state index in [1.807, 2.05) is 13.8 Å². The number of amides is 1. The van der Waals surface area contributed by atoms with Crippen molar-refractivity contribution in [2.75, 3.05) is 24.3 Å². The largest absolute Gasteiger partial charge is 0.494 e. The minimum absolute atomic E-state index is 0.0487. The molecule has 3 aromatic rings. The molecular weight excluding hydrogens is 527 g/mol. The highest BCUT2D eigenvalue weighted by Gasteiger charge is 2.36. The standard InChI is InChI=1S/C29H30F3N3O3S/c1-5-37-22-9-7-21(8-10-22)34-27(36)17-39-28-23(16-33)24(29(30,31)32)15-25(35-28)20-6-11-26(19(4)14-20)38-13-12-18(2)3/h6-11,14-15,18H,5,12-13,17H2,1-4H3,(H,34,36). The van der Waals surface area contributed by atoms with Gasteiger partial charge < -0.3 is 14.8 Å². The molecular formula is C29H30F3N3O3S.